The molecular weight excluding hydrogens is 224 g/mol. The molecule has 1 aromatic rings. The van der Waals surface area contributed by atoms with Crippen LogP contribution in [0.1, 0.15) is 16.7 Å². The Bertz CT molecular complexity index is 512. The van der Waals surface area contributed by atoms with Crippen molar-refractivity contribution >= 4 is 28.7 Å². The van der Waals surface area contributed by atoms with Crippen molar-refractivity contribution in [1.82, 2.24) is 0 Å². The van der Waals surface area contributed by atoms with Crippen LogP contribution in [0.15, 0.2) is 23.4 Å². The van der Waals surface area contributed by atoms with Gasteiger partial charge in [-0.2, -0.15) is 0 Å². The monoisotopic (exact) mass is 234 g/mol. The summed E-state index contributed by atoms with van der Waals surface area (Å²) in [5.74, 6) is -0.866. The van der Waals surface area contributed by atoms with Crippen LogP contribution in [0.25, 0.3) is 5.57 Å². The highest BCUT2D eigenvalue weighted by Gasteiger charge is 2.28. The van der Waals surface area contributed by atoms with Crippen LogP contribution in [0.3, 0.4) is 0 Å². The van der Waals surface area contributed by atoms with Crippen molar-refractivity contribution in [3.8, 4) is 0 Å². The number of rotatable bonds is 1. The molecule has 0 aromatic carbocycles. The van der Waals surface area contributed by atoms with Gasteiger partial charge in [-0.25, -0.2) is 4.79 Å². The summed E-state index contributed by atoms with van der Waals surface area (Å²) in [7, 11) is 0. The van der Waals surface area contributed by atoms with Gasteiger partial charge in [0.15, 0.2) is 6.61 Å². The van der Waals surface area contributed by atoms with Gasteiger partial charge in [0, 0.05) is 15.3 Å². The van der Waals surface area contributed by atoms with E-state index in [1.807, 2.05) is 26.0 Å². The molecule has 4 heteroatoms. The van der Waals surface area contributed by atoms with Crippen molar-refractivity contribution in [3.63, 3.8) is 0 Å². The predicted molar refractivity (Wildman–Crippen MR) is 61.1 cm³/mol. The maximum Gasteiger partial charge on any atom is 0.350 e. The SMILES string of the molecule is CC(=C=C1C(=O)COC1=O)c1ccc(C)s1. The molecule has 0 aliphatic carbocycles. The molecule has 0 bridgehead atoms. The second-order valence-electron chi connectivity index (χ2n) is 3.53. The van der Waals surface area contributed by atoms with Crippen molar-refractivity contribution in [2.75, 3.05) is 6.61 Å². The molecule has 0 amide bonds. The van der Waals surface area contributed by atoms with E-state index in [9.17, 15) is 9.59 Å². The van der Waals surface area contributed by atoms with Gasteiger partial charge in [0.1, 0.15) is 5.57 Å². The molecule has 1 saturated heterocycles. The Balaban J connectivity index is 2.47. The fourth-order valence-electron chi connectivity index (χ4n) is 1.40. The zero-order valence-corrected chi connectivity index (χ0v) is 9.81. The largest absolute Gasteiger partial charge is 0.453 e. The molecule has 82 valence electrons. The molecule has 2 heterocycles. The first-order valence-corrected chi connectivity index (χ1v) is 5.64. The second-order valence-corrected chi connectivity index (χ2v) is 4.82. The zero-order chi connectivity index (χ0) is 11.7. The van der Waals surface area contributed by atoms with Gasteiger partial charge in [-0.3, -0.25) is 4.79 Å². The Kier molecular flexibility index (Phi) is 2.77. The van der Waals surface area contributed by atoms with Gasteiger partial charge in [0.25, 0.3) is 0 Å². The van der Waals surface area contributed by atoms with Crippen molar-refractivity contribution in [3.05, 3.63) is 33.2 Å². The number of hydrogen-bond acceptors (Lipinski definition) is 4. The van der Waals surface area contributed by atoms with Gasteiger partial charge < -0.3 is 4.74 Å². The number of carbonyl (C=O) groups excluding carboxylic acids is 2. The van der Waals surface area contributed by atoms with E-state index in [0.717, 1.165) is 10.5 Å². The Morgan fingerprint density at radius 1 is 1.44 bits per heavy atom. The summed E-state index contributed by atoms with van der Waals surface area (Å²) in [6.07, 6.45) is 0. The van der Waals surface area contributed by atoms with Gasteiger partial charge in [0.2, 0.25) is 5.78 Å². The number of esters is 1. The van der Waals surface area contributed by atoms with Crippen LogP contribution in [0.4, 0.5) is 0 Å². The van der Waals surface area contributed by atoms with E-state index in [4.69, 9.17) is 0 Å². The summed E-state index contributed by atoms with van der Waals surface area (Å²) < 4.78 is 4.62. The maximum absolute atomic E-state index is 11.3. The third kappa shape index (κ3) is 1.98. The number of ether oxygens (including phenoxy) is 1. The summed E-state index contributed by atoms with van der Waals surface area (Å²) in [6, 6.07) is 3.94. The normalized spacial score (nSPS) is 15.0. The number of carbonyl (C=O) groups is 2. The van der Waals surface area contributed by atoms with E-state index in [-0.39, 0.29) is 18.0 Å². The van der Waals surface area contributed by atoms with Gasteiger partial charge in [-0.15, -0.1) is 11.3 Å². The summed E-state index contributed by atoms with van der Waals surface area (Å²) in [5, 5.41) is 0. The Hall–Kier alpha value is -1.64. The van der Waals surface area contributed by atoms with E-state index in [0.29, 0.717) is 0 Å². The highest BCUT2D eigenvalue weighted by Crippen LogP contribution is 2.23. The van der Waals surface area contributed by atoms with Crippen molar-refractivity contribution < 1.29 is 14.3 Å². The molecule has 0 saturated carbocycles. The van der Waals surface area contributed by atoms with Gasteiger partial charge in [-0.1, -0.05) is 5.73 Å². The lowest BCUT2D eigenvalue weighted by Gasteiger charge is -1.91. The molecule has 1 fully saturated rings. The summed E-state index contributed by atoms with van der Waals surface area (Å²) in [5.41, 5.74) is 3.65. The average molecular weight is 234 g/mol. The first kappa shape index (κ1) is 10.9. The molecule has 1 aromatic heterocycles. The Labute approximate surface area is 97.0 Å². The van der Waals surface area contributed by atoms with Crippen molar-refractivity contribution in [2.24, 2.45) is 0 Å². The number of Topliss-reactive ketones (excluding diaryl/α,β-unsaturated/α-hetero) is 1. The molecule has 0 N–H and O–H groups in total. The van der Waals surface area contributed by atoms with E-state index in [1.165, 1.54) is 4.88 Å². The quantitative estimate of drug-likeness (QED) is 0.323. The van der Waals surface area contributed by atoms with Crippen LogP contribution >= 0.6 is 11.3 Å². The van der Waals surface area contributed by atoms with Crippen LogP contribution in [0.2, 0.25) is 0 Å². The highest BCUT2D eigenvalue weighted by atomic mass is 32.1. The van der Waals surface area contributed by atoms with E-state index in [2.05, 4.69) is 10.5 Å². The van der Waals surface area contributed by atoms with Gasteiger partial charge >= 0.3 is 5.97 Å². The van der Waals surface area contributed by atoms with Crippen LogP contribution < -0.4 is 0 Å². The lowest BCUT2D eigenvalue weighted by Crippen LogP contribution is -1.99. The first-order valence-electron chi connectivity index (χ1n) is 4.82. The molecule has 0 atom stereocenters. The lowest BCUT2D eigenvalue weighted by molar-refractivity contribution is -0.135. The van der Waals surface area contributed by atoms with Gasteiger partial charge in [0.05, 0.1) is 0 Å². The molecule has 1 aliphatic heterocycles. The third-order valence-corrected chi connectivity index (χ3v) is 3.36. The minimum absolute atomic E-state index is 0.0311. The summed E-state index contributed by atoms with van der Waals surface area (Å²) >= 11 is 1.61. The van der Waals surface area contributed by atoms with Crippen molar-refractivity contribution in [2.45, 2.75) is 13.8 Å². The third-order valence-electron chi connectivity index (χ3n) is 2.24. The standard InChI is InChI=1S/C12H10O3S/c1-7(11-4-3-8(2)16-11)5-9-10(13)6-15-12(9)14/h3-4H,6H2,1-2H3. The number of cyclic esters (lactones) is 1. The summed E-state index contributed by atoms with van der Waals surface area (Å²) in [4.78, 5) is 24.7. The summed E-state index contributed by atoms with van der Waals surface area (Å²) in [6.45, 7) is 3.68. The number of hydrogen-bond donors (Lipinski definition) is 0. The number of thiophene rings is 1. The number of aryl methyl sites for hydroxylation is 1. The molecule has 2 rings (SSSR count). The van der Waals surface area contributed by atoms with E-state index < -0.39 is 5.97 Å². The van der Waals surface area contributed by atoms with Crippen LogP contribution in [0.5, 0.6) is 0 Å². The van der Waals surface area contributed by atoms with E-state index in [1.54, 1.807) is 11.3 Å². The fraction of sp³-hybridized carbons (Fsp3) is 0.250. The molecule has 0 radical (unpaired) electrons. The fourth-order valence-corrected chi connectivity index (χ4v) is 2.22. The minimum atomic E-state index is -0.572. The Morgan fingerprint density at radius 3 is 2.69 bits per heavy atom. The van der Waals surface area contributed by atoms with E-state index >= 15 is 0 Å². The first-order chi connectivity index (χ1) is 7.58. The maximum atomic E-state index is 11.3. The van der Waals surface area contributed by atoms with Gasteiger partial charge in [-0.05, 0) is 26.0 Å². The van der Waals surface area contributed by atoms with Crippen LogP contribution in [0, 0.1) is 6.92 Å². The Morgan fingerprint density at radius 2 is 2.19 bits per heavy atom. The zero-order valence-electron chi connectivity index (χ0n) is 8.99. The molecule has 16 heavy (non-hydrogen) atoms. The lowest BCUT2D eigenvalue weighted by atomic mass is 10.1. The average Bonchev–Trinajstić information content (AvgIpc) is 2.79. The molecular formula is C12H10O3S. The predicted octanol–water partition coefficient (Wildman–Crippen LogP) is 2.11. The molecule has 0 spiro atoms. The number of ketones is 1. The molecule has 0 unspecified atom stereocenters. The molecule has 3 nitrogen and oxygen atoms in total. The van der Waals surface area contributed by atoms with Crippen LogP contribution in [-0.4, -0.2) is 18.4 Å². The highest BCUT2D eigenvalue weighted by molar-refractivity contribution is 7.13. The second kappa shape index (κ2) is 4.08. The van der Waals surface area contributed by atoms with Crippen molar-refractivity contribution in [1.29, 1.82) is 0 Å². The smallest absolute Gasteiger partial charge is 0.350 e. The topological polar surface area (TPSA) is 43.4 Å². The minimum Gasteiger partial charge on any atom is -0.453 e. The molecule has 1 aliphatic rings. The van der Waals surface area contributed by atoms with Crippen LogP contribution in [-0.2, 0) is 14.3 Å².